The Morgan fingerprint density at radius 2 is 1.93 bits per heavy atom. The molecule has 1 unspecified atom stereocenters. The maximum absolute atomic E-state index is 11.0. The molecule has 2 aromatic carbocycles. The Labute approximate surface area is 178 Å². The van der Waals surface area contributed by atoms with Crippen LogP contribution in [0.4, 0.5) is 5.69 Å². The van der Waals surface area contributed by atoms with Crippen LogP contribution >= 0.6 is 10.6 Å². The first-order chi connectivity index (χ1) is 14.3. The molecule has 0 saturated carbocycles. The van der Waals surface area contributed by atoms with Gasteiger partial charge in [0, 0.05) is 56.1 Å². The number of anilines is 1. The molecular weight excluding hydrogens is 400 g/mol. The molecule has 30 heavy (non-hydrogen) atoms. The predicted molar refractivity (Wildman–Crippen MR) is 124 cm³/mol. The van der Waals surface area contributed by atoms with E-state index < -0.39 is 16.8 Å². The van der Waals surface area contributed by atoms with Gasteiger partial charge in [0.1, 0.15) is 6.23 Å². The highest BCUT2D eigenvalue weighted by molar-refractivity contribution is 8.23. The molecule has 1 heterocycles. The molecule has 1 atom stereocenters. The number of aromatic nitrogens is 1. The van der Waals surface area contributed by atoms with E-state index in [0.717, 1.165) is 27.5 Å². The van der Waals surface area contributed by atoms with Crippen LogP contribution in [0, 0.1) is 0 Å². The molecule has 0 fully saturated rings. The molecule has 0 amide bonds. The smallest absolute Gasteiger partial charge is 0.111 e. The largest absolute Gasteiger partial charge is 0.398 e. The van der Waals surface area contributed by atoms with Crippen molar-refractivity contribution in [3.05, 3.63) is 71.5 Å². The summed E-state index contributed by atoms with van der Waals surface area (Å²) in [5.74, 6) is 0.172. The molecule has 3 rings (SSSR count). The molecule has 7 nitrogen and oxygen atoms in total. The molecule has 0 bridgehead atoms. The SMILES string of the molecule is CS(O)(O)CCN(Cc1cccc2ccc(CN)cc12)C(O)Cc1cnccc1N. The quantitative estimate of drug-likeness (QED) is 0.330. The van der Waals surface area contributed by atoms with Gasteiger partial charge < -0.3 is 16.6 Å². The van der Waals surface area contributed by atoms with Crippen LogP contribution in [0.3, 0.4) is 0 Å². The topological polar surface area (TPSA) is 129 Å². The van der Waals surface area contributed by atoms with Crippen LogP contribution in [0.15, 0.2) is 54.9 Å². The summed E-state index contributed by atoms with van der Waals surface area (Å²) in [6.45, 7) is 1.23. The summed E-state index contributed by atoms with van der Waals surface area (Å²) >= 11 is 0. The van der Waals surface area contributed by atoms with Crippen molar-refractivity contribution in [2.24, 2.45) is 5.73 Å². The number of nitrogens with zero attached hydrogens (tertiary/aromatic N) is 2. The van der Waals surface area contributed by atoms with Crippen molar-refractivity contribution in [2.45, 2.75) is 25.7 Å². The third-order valence-corrected chi connectivity index (χ3v) is 6.13. The molecule has 7 N–H and O–H groups in total. The van der Waals surface area contributed by atoms with Gasteiger partial charge in [-0.15, -0.1) is 0 Å². The van der Waals surface area contributed by atoms with Gasteiger partial charge in [0.05, 0.1) is 0 Å². The average Bonchev–Trinajstić information content (AvgIpc) is 2.71. The number of aliphatic hydroxyl groups is 1. The molecule has 0 aliphatic rings. The number of benzene rings is 2. The Kier molecular flexibility index (Phi) is 7.30. The van der Waals surface area contributed by atoms with Crippen LogP contribution < -0.4 is 11.5 Å². The van der Waals surface area contributed by atoms with Crippen LogP contribution in [0.25, 0.3) is 10.8 Å². The van der Waals surface area contributed by atoms with Gasteiger partial charge >= 0.3 is 0 Å². The molecule has 3 aromatic rings. The fraction of sp³-hybridized carbons (Fsp3) is 0.318. The lowest BCUT2D eigenvalue weighted by Crippen LogP contribution is -2.39. The fourth-order valence-electron chi connectivity index (χ4n) is 3.43. The lowest BCUT2D eigenvalue weighted by Gasteiger charge is -2.33. The monoisotopic (exact) mass is 430 g/mol. The summed E-state index contributed by atoms with van der Waals surface area (Å²) in [7, 11) is -2.69. The summed E-state index contributed by atoms with van der Waals surface area (Å²) in [5, 5.41) is 13.2. The Balaban J connectivity index is 1.89. The second kappa shape index (κ2) is 9.74. The van der Waals surface area contributed by atoms with Crippen LogP contribution in [-0.2, 0) is 19.5 Å². The van der Waals surface area contributed by atoms with Crippen LogP contribution in [-0.4, -0.2) is 48.9 Å². The Bertz CT molecular complexity index is 994. The summed E-state index contributed by atoms with van der Waals surface area (Å²) in [6, 6.07) is 13.9. The van der Waals surface area contributed by atoms with E-state index >= 15 is 0 Å². The highest BCUT2D eigenvalue weighted by Gasteiger charge is 2.20. The van der Waals surface area contributed by atoms with E-state index in [4.69, 9.17) is 11.5 Å². The van der Waals surface area contributed by atoms with Crippen molar-refractivity contribution in [1.82, 2.24) is 9.88 Å². The highest BCUT2D eigenvalue weighted by atomic mass is 32.3. The van der Waals surface area contributed by atoms with E-state index in [9.17, 15) is 14.2 Å². The van der Waals surface area contributed by atoms with E-state index in [-0.39, 0.29) is 5.75 Å². The number of nitrogens with two attached hydrogens (primary N) is 2. The minimum atomic E-state index is -2.69. The van der Waals surface area contributed by atoms with Crippen LogP contribution in [0.5, 0.6) is 0 Å². The molecular formula is C22H30N4O3S. The first-order valence-electron chi connectivity index (χ1n) is 9.79. The van der Waals surface area contributed by atoms with E-state index in [2.05, 4.69) is 11.1 Å². The first kappa shape index (κ1) is 22.5. The standard InChI is InChI=1S/C22H30N4O3S/c1-30(28,29)10-9-26(22(27)12-19-14-25-8-7-21(19)24)15-18-4-2-3-17-6-5-16(13-23)11-20(17)18/h2-8,11,14,22,27-29H,9-10,12-13,15,23H2,1H3,(H2,24,25). The Hall–Kier alpha value is -2.20. The average molecular weight is 431 g/mol. The van der Waals surface area contributed by atoms with Gasteiger partial charge in [0.15, 0.2) is 0 Å². The fourth-order valence-corrected chi connectivity index (χ4v) is 4.01. The summed E-state index contributed by atoms with van der Waals surface area (Å²) in [6.07, 6.45) is 4.12. The van der Waals surface area contributed by atoms with Gasteiger partial charge in [0.25, 0.3) is 0 Å². The van der Waals surface area contributed by atoms with Gasteiger partial charge in [-0.3, -0.25) is 19.0 Å². The lowest BCUT2D eigenvalue weighted by molar-refractivity contribution is 0.00271. The molecule has 0 saturated heterocycles. The van der Waals surface area contributed by atoms with Crippen LogP contribution in [0.1, 0.15) is 16.7 Å². The van der Waals surface area contributed by atoms with E-state index in [1.165, 1.54) is 6.26 Å². The van der Waals surface area contributed by atoms with Gasteiger partial charge in [-0.2, -0.15) is 10.6 Å². The summed E-state index contributed by atoms with van der Waals surface area (Å²) < 4.78 is 19.8. The zero-order valence-corrected chi connectivity index (χ0v) is 17.9. The predicted octanol–water partition coefficient (Wildman–Crippen LogP) is 3.02. The minimum Gasteiger partial charge on any atom is -0.398 e. The lowest BCUT2D eigenvalue weighted by atomic mass is 10.0. The van der Waals surface area contributed by atoms with Crippen molar-refractivity contribution in [3.8, 4) is 0 Å². The maximum atomic E-state index is 11.0. The van der Waals surface area contributed by atoms with E-state index in [1.54, 1.807) is 18.5 Å². The van der Waals surface area contributed by atoms with Gasteiger partial charge in [0.2, 0.25) is 0 Å². The van der Waals surface area contributed by atoms with Crippen molar-refractivity contribution in [1.29, 1.82) is 0 Å². The number of hydrogen-bond acceptors (Lipinski definition) is 7. The number of aliphatic hydroxyl groups excluding tert-OH is 1. The second-order valence-electron chi connectivity index (χ2n) is 7.60. The maximum Gasteiger partial charge on any atom is 0.111 e. The molecule has 0 radical (unpaired) electrons. The summed E-state index contributed by atoms with van der Waals surface area (Å²) in [4.78, 5) is 5.93. The second-order valence-corrected chi connectivity index (χ2v) is 10.00. The molecule has 1 aromatic heterocycles. The number of nitrogen functional groups attached to an aromatic ring is 1. The van der Waals surface area contributed by atoms with Gasteiger partial charge in [-0.05, 0) is 39.6 Å². The van der Waals surface area contributed by atoms with Gasteiger partial charge in [-0.1, -0.05) is 30.3 Å². The summed E-state index contributed by atoms with van der Waals surface area (Å²) in [5.41, 5.74) is 15.2. The molecule has 162 valence electrons. The normalized spacial score (nSPS) is 13.7. The Morgan fingerprint density at radius 1 is 1.13 bits per heavy atom. The zero-order chi connectivity index (χ0) is 21.7. The van der Waals surface area contributed by atoms with Crippen molar-refractivity contribution in [3.63, 3.8) is 0 Å². The third-order valence-electron chi connectivity index (χ3n) is 5.18. The van der Waals surface area contributed by atoms with Crippen molar-refractivity contribution in [2.75, 3.05) is 24.3 Å². The van der Waals surface area contributed by atoms with Gasteiger partial charge in [-0.25, -0.2) is 0 Å². The zero-order valence-electron chi connectivity index (χ0n) is 17.1. The molecule has 0 aliphatic heterocycles. The Morgan fingerprint density at radius 3 is 2.63 bits per heavy atom. The van der Waals surface area contributed by atoms with Crippen molar-refractivity contribution >= 4 is 27.0 Å². The first-order valence-corrected chi connectivity index (χ1v) is 11.9. The van der Waals surface area contributed by atoms with E-state index in [0.29, 0.717) is 31.7 Å². The minimum absolute atomic E-state index is 0.172. The number of fused-ring (bicyclic) bond motifs is 1. The number of pyridine rings is 1. The third kappa shape index (κ3) is 5.91. The molecule has 0 spiro atoms. The molecule has 8 heteroatoms. The highest BCUT2D eigenvalue weighted by Crippen LogP contribution is 2.33. The van der Waals surface area contributed by atoms with E-state index in [1.807, 2.05) is 35.2 Å². The molecule has 0 aliphatic carbocycles. The van der Waals surface area contributed by atoms with Crippen molar-refractivity contribution < 1.29 is 14.2 Å². The number of rotatable bonds is 9. The number of hydrogen-bond donors (Lipinski definition) is 5. The van der Waals surface area contributed by atoms with Crippen LogP contribution in [0.2, 0.25) is 0 Å².